The van der Waals surface area contributed by atoms with Crippen LogP contribution >= 0.6 is 0 Å². The highest BCUT2D eigenvalue weighted by Gasteiger charge is 2.28. The highest BCUT2D eigenvalue weighted by molar-refractivity contribution is 5.97. The van der Waals surface area contributed by atoms with Crippen LogP contribution in [0.25, 0.3) is 0 Å². The van der Waals surface area contributed by atoms with E-state index in [2.05, 4.69) is 5.32 Å². The lowest BCUT2D eigenvalue weighted by atomic mass is 9.97. The number of para-hydroxylation sites is 1. The van der Waals surface area contributed by atoms with Crippen molar-refractivity contribution in [3.05, 3.63) is 30.3 Å². The summed E-state index contributed by atoms with van der Waals surface area (Å²) in [5.74, 6) is 0.234. The zero-order chi connectivity index (χ0) is 16.8. The minimum absolute atomic E-state index is 0.0280. The van der Waals surface area contributed by atoms with E-state index in [0.29, 0.717) is 19.6 Å². The van der Waals surface area contributed by atoms with Gasteiger partial charge in [0.05, 0.1) is 0 Å². The molecule has 0 spiro atoms. The molecule has 23 heavy (non-hydrogen) atoms. The number of aliphatic hydroxyl groups excluding tert-OH is 1. The molecular weight excluding hydrogens is 294 g/mol. The van der Waals surface area contributed by atoms with Crippen LogP contribution in [-0.4, -0.2) is 54.7 Å². The molecule has 1 aliphatic heterocycles. The van der Waals surface area contributed by atoms with Crippen molar-refractivity contribution in [1.29, 1.82) is 0 Å². The minimum Gasteiger partial charge on any atom is -0.396 e. The highest BCUT2D eigenvalue weighted by Crippen LogP contribution is 2.16. The van der Waals surface area contributed by atoms with Gasteiger partial charge < -0.3 is 20.2 Å². The lowest BCUT2D eigenvalue weighted by Crippen LogP contribution is -2.55. The number of anilines is 1. The van der Waals surface area contributed by atoms with E-state index in [1.807, 2.05) is 44.2 Å². The van der Waals surface area contributed by atoms with E-state index < -0.39 is 0 Å². The number of hydrogen-bond donors (Lipinski definition) is 2. The summed E-state index contributed by atoms with van der Waals surface area (Å²) in [7, 11) is 0. The van der Waals surface area contributed by atoms with E-state index in [1.54, 1.807) is 4.90 Å². The zero-order valence-corrected chi connectivity index (χ0v) is 13.7. The van der Waals surface area contributed by atoms with E-state index in [4.69, 9.17) is 0 Å². The maximum absolute atomic E-state index is 12.3. The van der Waals surface area contributed by atoms with Crippen molar-refractivity contribution in [3.8, 4) is 0 Å². The third-order valence-electron chi connectivity index (χ3n) is 4.27. The van der Waals surface area contributed by atoms with Crippen molar-refractivity contribution < 1.29 is 14.7 Å². The molecule has 1 aliphatic rings. The molecule has 6 nitrogen and oxygen atoms in total. The van der Waals surface area contributed by atoms with Gasteiger partial charge in [-0.25, -0.2) is 4.79 Å². The van der Waals surface area contributed by atoms with E-state index >= 15 is 0 Å². The highest BCUT2D eigenvalue weighted by atomic mass is 16.3. The van der Waals surface area contributed by atoms with E-state index in [-0.39, 0.29) is 36.9 Å². The Bertz CT molecular complexity index is 533. The van der Waals surface area contributed by atoms with Gasteiger partial charge in [-0.15, -0.1) is 0 Å². The quantitative estimate of drug-likeness (QED) is 0.859. The molecule has 2 rings (SSSR count). The number of rotatable bonds is 5. The summed E-state index contributed by atoms with van der Waals surface area (Å²) in [4.78, 5) is 27.7. The molecule has 0 radical (unpaired) electrons. The average Bonchev–Trinajstić information content (AvgIpc) is 2.55. The van der Waals surface area contributed by atoms with Crippen molar-refractivity contribution in [2.45, 2.75) is 13.8 Å². The number of nitrogens with zero attached hydrogens (tertiary/aromatic N) is 2. The van der Waals surface area contributed by atoms with Gasteiger partial charge in [0.15, 0.2) is 0 Å². The van der Waals surface area contributed by atoms with Crippen LogP contribution in [0.1, 0.15) is 13.8 Å². The molecular formula is C17H25N3O3. The van der Waals surface area contributed by atoms with Crippen molar-refractivity contribution in [2.24, 2.45) is 11.8 Å². The summed E-state index contributed by atoms with van der Waals surface area (Å²) in [5.41, 5.74) is 0.859. The summed E-state index contributed by atoms with van der Waals surface area (Å²) in [6.07, 6.45) is 0. The van der Waals surface area contributed by atoms with Crippen molar-refractivity contribution in [2.75, 3.05) is 37.7 Å². The van der Waals surface area contributed by atoms with Gasteiger partial charge in [-0.05, 0) is 18.1 Å². The van der Waals surface area contributed by atoms with Crippen LogP contribution in [0.4, 0.5) is 10.5 Å². The van der Waals surface area contributed by atoms with E-state index in [1.165, 1.54) is 4.90 Å². The van der Waals surface area contributed by atoms with Gasteiger partial charge >= 0.3 is 6.03 Å². The molecule has 2 N–H and O–H groups in total. The number of urea groups is 1. The topological polar surface area (TPSA) is 72.9 Å². The van der Waals surface area contributed by atoms with Gasteiger partial charge in [-0.3, -0.25) is 4.79 Å². The molecule has 1 heterocycles. The van der Waals surface area contributed by atoms with Crippen LogP contribution in [0.2, 0.25) is 0 Å². The van der Waals surface area contributed by atoms with Crippen LogP contribution in [0.3, 0.4) is 0 Å². The number of carbonyl (C=O) groups is 2. The number of amides is 3. The van der Waals surface area contributed by atoms with Crippen LogP contribution in [0.5, 0.6) is 0 Å². The predicted octanol–water partition coefficient (Wildman–Crippen LogP) is 1.31. The molecule has 0 aromatic heterocycles. The largest absolute Gasteiger partial charge is 0.396 e. The maximum Gasteiger partial charge on any atom is 0.317 e. The molecule has 0 bridgehead atoms. The Morgan fingerprint density at radius 2 is 1.96 bits per heavy atom. The standard InChI is InChI=1S/C17H25N3O3/c1-13(2)14(12-21)10-18-17(23)19-8-9-20(16(22)11-19)15-6-4-3-5-7-15/h3-7,13-14,21H,8-12H2,1-2H3,(H,18,23)/t14-/m0/s1. The number of nitrogens with one attached hydrogen (secondary N) is 1. The van der Waals surface area contributed by atoms with E-state index in [0.717, 1.165) is 5.69 Å². The summed E-state index contributed by atoms with van der Waals surface area (Å²) < 4.78 is 0. The lowest BCUT2D eigenvalue weighted by molar-refractivity contribution is -0.120. The molecule has 1 aromatic carbocycles. The fourth-order valence-electron chi connectivity index (χ4n) is 2.57. The SMILES string of the molecule is CC(C)[C@H](CO)CNC(=O)N1CCN(c2ccccc2)C(=O)C1. The van der Waals surface area contributed by atoms with Crippen molar-refractivity contribution in [1.82, 2.24) is 10.2 Å². The van der Waals surface area contributed by atoms with Crippen LogP contribution in [0.15, 0.2) is 30.3 Å². The normalized spacial score (nSPS) is 16.6. The number of aliphatic hydroxyl groups is 1. The molecule has 0 unspecified atom stereocenters. The van der Waals surface area contributed by atoms with Crippen molar-refractivity contribution >= 4 is 17.6 Å². The number of benzene rings is 1. The van der Waals surface area contributed by atoms with Gasteiger partial charge in [0, 0.05) is 37.8 Å². The fourth-order valence-corrected chi connectivity index (χ4v) is 2.57. The molecule has 1 atom stereocenters. The Hall–Kier alpha value is -2.08. The van der Waals surface area contributed by atoms with Crippen molar-refractivity contribution in [3.63, 3.8) is 0 Å². The first-order valence-electron chi connectivity index (χ1n) is 8.02. The molecule has 1 fully saturated rings. The summed E-state index contributed by atoms with van der Waals surface area (Å²) in [6, 6.07) is 9.23. The molecule has 6 heteroatoms. The summed E-state index contributed by atoms with van der Waals surface area (Å²) >= 11 is 0. The number of hydrogen-bond acceptors (Lipinski definition) is 3. The van der Waals surface area contributed by atoms with Gasteiger partial charge in [0.1, 0.15) is 6.54 Å². The third-order valence-corrected chi connectivity index (χ3v) is 4.27. The Labute approximate surface area is 137 Å². The van der Waals surface area contributed by atoms with Crippen LogP contribution in [-0.2, 0) is 4.79 Å². The smallest absolute Gasteiger partial charge is 0.317 e. The zero-order valence-electron chi connectivity index (χ0n) is 13.7. The second-order valence-corrected chi connectivity index (χ2v) is 6.18. The first kappa shape index (κ1) is 17.3. The molecule has 1 saturated heterocycles. The monoisotopic (exact) mass is 319 g/mol. The number of piperazine rings is 1. The summed E-state index contributed by atoms with van der Waals surface area (Å²) in [6.45, 7) is 5.54. The Kier molecular flexibility index (Phi) is 5.98. The molecule has 0 saturated carbocycles. The van der Waals surface area contributed by atoms with Gasteiger partial charge in [-0.2, -0.15) is 0 Å². The predicted molar refractivity (Wildman–Crippen MR) is 89.2 cm³/mol. The van der Waals surface area contributed by atoms with Crippen LogP contribution in [0, 0.1) is 11.8 Å². The van der Waals surface area contributed by atoms with E-state index in [9.17, 15) is 14.7 Å². The maximum atomic E-state index is 12.3. The van der Waals surface area contributed by atoms with Gasteiger partial charge in [0.2, 0.25) is 5.91 Å². The fraction of sp³-hybridized carbons (Fsp3) is 0.529. The average molecular weight is 319 g/mol. The first-order valence-corrected chi connectivity index (χ1v) is 8.02. The van der Waals surface area contributed by atoms with Gasteiger partial charge in [0.25, 0.3) is 0 Å². The second-order valence-electron chi connectivity index (χ2n) is 6.18. The Balaban J connectivity index is 1.87. The Morgan fingerprint density at radius 3 is 2.52 bits per heavy atom. The Morgan fingerprint density at radius 1 is 1.26 bits per heavy atom. The first-order chi connectivity index (χ1) is 11.0. The molecule has 1 aromatic rings. The minimum atomic E-state index is -0.245. The van der Waals surface area contributed by atoms with Gasteiger partial charge in [-0.1, -0.05) is 32.0 Å². The number of carbonyl (C=O) groups excluding carboxylic acids is 2. The molecule has 3 amide bonds. The van der Waals surface area contributed by atoms with Crippen LogP contribution < -0.4 is 10.2 Å². The second kappa shape index (κ2) is 7.97. The lowest BCUT2D eigenvalue weighted by Gasteiger charge is -2.34. The molecule has 0 aliphatic carbocycles. The molecule has 126 valence electrons. The summed E-state index contributed by atoms with van der Waals surface area (Å²) in [5, 5.41) is 12.1. The third kappa shape index (κ3) is 4.45.